The number of amides is 1. The van der Waals surface area contributed by atoms with Gasteiger partial charge in [-0.2, -0.15) is 0 Å². The second-order valence-electron chi connectivity index (χ2n) is 5.46. The van der Waals surface area contributed by atoms with Crippen molar-refractivity contribution >= 4 is 5.91 Å². The average molecular weight is 331 g/mol. The SMILES string of the molecule is CCC(Oc1ccccc1F)C(=O)NCCc1ccc(CO)cc1. The van der Waals surface area contributed by atoms with Crippen LogP contribution >= 0.6 is 0 Å². The molecule has 0 aromatic heterocycles. The summed E-state index contributed by atoms with van der Waals surface area (Å²) < 4.78 is 19.1. The van der Waals surface area contributed by atoms with Crippen molar-refractivity contribution in [1.82, 2.24) is 5.32 Å². The van der Waals surface area contributed by atoms with E-state index in [0.29, 0.717) is 19.4 Å². The molecule has 0 aliphatic carbocycles. The lowest BCUT2D eigenvalue weighted by molar-refractivity contribution is -0.128. The lowest BCUT2D eigenvalue weighted by Gasteiger charge is -2.17. The third-order valence-electron chi connectivity index (χ3n) is 3.69. The molecule has 2 aromatic carbocycles. The number of benzene rings is 2. The number of para-hydroxylation sites is 1. The summed E-state index contributed by atoms with van der Waals surface area (Å²) in [5, 5.41) is 11.8. The van der Waals surface area contributed by atoms with Crippen LogP contribution in [0.2, 0.25) is 0 Å². The number of carbonyl (C=O) groups excluding carboxylic acids is 1. The van der Waals surface area contributed by atoms with Gasteiger partial charge in [0.25, 0.3) is 5.91 Å². The van der Waals surface area contributed by atoms with Crippen LogP contribution in [0.15, 0.2) is 48.5 Å². The van der Waals surface area contributed by atoms with E-state index in [2.05, 4.69) is 5.32 Å². The molecule has 24 heavy (non-hydrogen) atoms. The third-order valence-corrected chi connectivity index (χ3v) is 3.69. The zero-order chi connectivity index (χ0) is 17.4. The Kier molecular flexibility index (Phi) is 6.75. The normalized spacial score (nSPS) is 11.8. The van der Waals surface area contributed by atoms with Crippen molar-refractivity contribution in [2.24, 2.45) is 0 Å². The van der Waals surface area contributed by atoms with Crippen molar-refractivity contribution in [3.05, 3.63) is 65.5 Å². The molecule has 1 amide bonds. The molecule has 4 nitrogen and oxygen atoms in total. The minimum absolute atomic E-state index is 0.0164. The number of carbonyl (C=O) groups is 1. The first-order chi connectivity index (χ1) is 11.6. The van der Waals surface area contributed by atoms with Crippen LogP contribution in [0.3, 0.4) is 0 Å². The Morgan fingerprint density at radius 2 is 1.83 bits per heavy atom. The van der Waals surface area contributed by atoms with Gasteiger partial charge in [0.1, 0.15) is 0 Å². The number of halogens is 1. The second kappa shape index (κ2) is 9.03. The van der Waals surface area contributed by atoms with Gasteiger partial charge in [0.05, 0.1) is 6.61 Å². The van der Waals surface area contributed by atoms with Gasteiger partial charge in [-0.25, -0.2) is 4.39 Å². The number of aliphatic hydroxyl groups excluding tert-OH is 1. The van der Waals surface area contributed by atoms with Gasteiger partial charge in [0.2, 0.25) is 0 Å². The van der Waals surface area contributed by atoms with Gasteiger partial charge in [-0.3, -0.25) is 4.79 Å². The molecule has 0 aliphatic heterocycles. The number of ether oxygens (including phenoxy) is 1. The van der Waals surface area contributed by atoms with Crippen LogP contribution in [-0.2, 0) is 17.8 Å². The highest BCUT2D eigenvalue weighted by Gasteiger charge is 2.19. The van der Waals surface area contributed by atoms with Gasteiger partial charge in [0.15, 0.2) is 17.7 Å². The molecule has 1 unspecified atom stereocenters. The molecule has 0 saturated carbocycles. The van der Waals surface area contributed by atoms with Crippen LogP contribution in [0.1, 0.15) is 24.5 Å². The molecular formula is C19H22FNO3. The molecule has 0 bridgehead atoms. The maximum Gasteiger partial charge on any atom is 0.261 e. The quantitative estimate of drug-likeness (QED) is 0.782. The van der Waals surface area contributed by atoms with E-state index in [9.17, 15) is 9.18 Å². The zero-order valence-corrected chi connectivity index (χ0v) is 13.7. The molecule has 0 spiro atoms. The number of hydrogen-bond acceptors (Lipinski definition) is 3. The van der Waals surface area contributed by atoms with E-state index in [1.165, 1.54) is 12.1 Å². The van der Waals surface area contributed by atoms with Crippen LogP contribution in [0, 0.1) is 5.82 Å². The lowest BCUT2D eigenvalue weighted by Crippen LogP contribution is -2.39. The highest BCUT2D eigenvalue weighted by molar-refractivity contribution is 5.81. The van der Waals surface area contributed by atoms with E-state index >= 15 is 0 Å². The number of aliphatic hydroxyl groups is 1. The lowest BCUT2D eigenvalue weighted by atomic mass is 10.1. The number of hydrogen-bond donors (Lipinski definition) is 2. The Balaban J connectivity index is 1.84. The molecule has 2 N–H and O–H groups in total. The van der Waals surface area contributed by atoms with Crippen LogP contribution in [0.4, 0.5) is 4.39 Å². The number of nitrogens with one attached hydrogen (secondary N) is 1. The molecule has 0 heterocycles. The molecule has 0 radical (unpaired) electrons. The van der Waals surface area contributed by atoms with Crippen LogP contribution < -0.4 is 10.1 Å². The Hall–Kier alpha value is -2.40. The van der Waals surface area contributed by atoms with Gasteiger partial charge < -0.3 is 15.2 Å². The summed E-state index contributed by atoms with van der Waals surface area (Å²) in [5.74, 6) is -0.653. The summed E-state index contributed by atoms with van der Waals surface area (Å²) in [6, 6.07) is 13.6. The van der Waals surface area contributed by atoms with E-state index < -0.39 is 11.9 Å². The standard InChI is InChI=1S/C19H22FNO3/c1-2-17(24-18-6-4-3-5-16(18)20)19(23)21-12-11-14-7-9-15(13-22)10-8-14/h3-10,17,22H,2,11-13H2,1H3,(H,21,23). The molecule has 0 saturated heterocycles. The minimum atomic E-state index is -0.723. The average Bonchev–Trinajstić information content (AvgIpc) is 2.61. The molecule has 5 heteroatoms. The fraction of sp³-hybridized carbons (Fsp3) is 0.316. The molecule has 2 aromatic rings. The van der Waals surface area contributed by atoms with E-state index in [-0.39, 0.29) is 18.3 Å². The van der Waals surface area contributed by atoms with Crippen molar-refractivity contribution in [2.75, 3.05) is 6.54 Å². The Labute approximate surface area is 141 Å². The summed E-state index contributed by atoms with van der Waals surface area (Å²) in [6.07, 6.45) is 0.400. The van der Waals surface area contributed by atoms with Crippen molar-refractivity contribution < 1.29 is 19.0 Å². The molecule has 0 aliphatic rings. The third kappa shape index (κ3) is 5.06. The van der Waals surface area contributed by atoms with Gasteiger partial charge in [-0.1, -0.05) is 43.3 Å². The van der Waals surface area contributed by atoms with Crippen LogP contribution in [0.25, 0.3) is 0 Å². The summed E-state index contributed by atoms with van der Waals surface area (Å²) in [6.45, 7) is 2.30. The first-order valence-electron chi connectivity index (χ1n) is 8.01. The Morgan fingerprint density at radius 3 is 2.46 bits per heavy atom. The van der Waals surface area contributed by atoms with Crippen LogP contribution in [0.5, 0.6) is 5.75 Å². The molecule has 2 rings (SSSR count). The van der Waals surface area contributed by atoms with Gasteiger partial charge >= 0.3 is 0 Å². The highest BCUT2D eigenvalue weighted by Crippen LogP contribution is 2.18. The first kappa shape index (κ1) is 17.9. The second-order valence-corrected chi connectivity index (χ2v) is 5.46. The maximum atomic E-state index is 13.6. The monoisotopic (exact) mass is 331 g/mol. The summed E-state index contributed by atoms with van der Waals surface area (Å²) in [7, 11) is 0. The minimum Gasteiger partial charge on any atom is -0.478 e. The fourth-order valence-corrected chi connectivity index (χ4v) is 2.27. The first-order valence-corrected chi connectivity index (χ1v) is 8.01. The van der Waals surface area contributed by atoms with Crippen molar-refractivity contribution in [3.8, 4) is 5.75 Å². The Morgan fingerprint density at radius 1 is 1.17 bits per heavy atom. The molecule has 1 atom stereocenters. The highest BCUT2D eigenvalue weighted by atomic mass is 19.1. The van der Waals surface area contributed by atoms with Gasteiger partial charge in [-0.15, -0.1) is 0 Å². The van der Waals surface area contributed by atoms with E-state index in [1.807, 2.05) is 31.2 Å². The van der Waals surface area contributed by atoms with Crippen LogP contribution in [-0.4, -0.2) is 23.7 Å². The topological polar surface area (TPSA) is 58.6 Å². The van der Waals surface area contributed by atoms with Gasteiger partial charge in [0, 0.05) is 6.54 Å². The fourth-order valence-electron chi connectivity index (χ4n) is 2.27. The molecule has 0 fully saturated rings. The van der Waals surface area contributed by atoms with Crippen molar-refractivity contribution in [1.29, 1.82) is 0 Å². The van der Waals surface area contributed by atoms with E-state index in [4.69, 9.17) is 9.84 Å². The van der Waals surface area contributed by atoms with Gasteiger partial charge in [-0.05, 0) is 36.1 Å². The van der Waals surface area contributed by atoms with Crippen molar-refractivity contribution in [2.45, 2.75) is 32.5 Å². The summed E-state index contributed by atoms with van der Waals surface area (Å²) in [5.41, 5.74) is 1.92. The summed E-state index contributed by atoms with van der Waals surface area (Å²) >= 11 is 0. The zero-order valence-electron chi connectivity index (χ0n) is 13.7. The molecular weight excluding hydrogens is 309 g/mol. The smallest absolute Gasteiger partial charge is 0.261 e. The van der Waals surface area contributed by atoms with Crippen molar-refractivity contribution in [3.63, 3.8) is 0 Å². The number of rotatable bonds is 8. The maximum absolute atomic E-state index is 13.6. The Bertz CT molecular complexity index is 658. The van der Waals surface area contributed by atoms with E-state index in [1.54, 1.807) is 12.1 Å². The largest absolute Gasteiger partial charge is 0.478 e. The molecule has 128 valence electrons. The predicted molar refractivity (Wildman–Crippen MR) is 90.2 cm³/mol. The predicted octanol–water partition coefficient (Wildman–Crippen LogP) is 2.83. The summed E-state index contributed by atoms with van der Waals surface area (Å²) in [4.78, 5) is 12.2. The van der Waals surface area contributed by atoms with E-state index in [0.717, 1.165) is 11.1 Å².